The van der Waals surface area contributed by atoms with Gasteiger partial charge in [-0.3, -0.25) is 4.79 Å². The van der Waals surface area contributed by atoms with Crippen LogP contribution in [0.1, 0.15) is 0 Å². The summed E-state index contributed by atoms with van der Waals surface area (Å²) < 4.78 is 13.2. The van der Waals surface area contributed by atoms with Crippen molar-refractivity contribution in [2.45, 2.75) is 0 Å². The van der Waals surface area contributed by atoms with Crippen LogP contribution in [0.15, 0.2) is 42.5 Å². The van der Waals surface area contributed by atoms with Crippen LogP contribution >= 0.6 is 23.2 Å². The predicted octanol–water partition coefficient (Wildman–Crippen LogP) is 4.18. The first-order valence-corrected chi connectivity index (χ1v) is 6.55. The Bertz CT molecular complexity index is 597. The average Bonchev–Trinajstić information content (AvgIpc) is 2.43. The minimum absolute atomic E-state index is 0.0800. The Hall–Kier alpha value is -1.78. The first kappa shape index (κ1) is 14.6. The lowest BCUT2D eigenvalue weighted by Gasteiger charge is -2.09. The standard InChI is InChI=1S/C14H11Cl2FN2O/c15-11-6-10(7-12(16)14(11)17)19-13(20)8-18-9-4-2-1-3-5-9/h1-7,18H,8H2,(H,19,20). The van der Waals surface area contributed by atoms with Crippen LogP contribution < -0.4 is 10.6 Å². The molecule has 0 unspecified atom stereocenters. The number of para-hydroxylation sites is 1. The third-order valence-electron chi connectivity index (χ3n) is 2.49. The number of anilines is 2. The zero-order valence-electron chi connectivity index (χ0n) is 10.3. The highest BCUT2D eigenvalue weighted by atomic mass is 35.5. The van der Waals surface area contributed by atoms with E-state index >= 15 is 0 Å². The van der Waals surface area contributed by atoms with Gasteiger partial charge in [0.05, 0.1) is 16.6 Å². The lowest BCUT2D eigenvalue weighted by atomic mass is 10.3. The summed E-state index contributed by atoms with van der Waals surface area (Å²) >= 11 is 11.3. The van der Waals surface area contributed by atoms with Gasteiger partial charge < -0.3 is 10.6 Å². The molecule has 0 saturated carbocycles. The fraction of sp³-hybridized carbons (Fsp3) is 0.0714. The molecule has 0 atom stereocenters. The van der Waals surface area contributed by atoms with E-state index in [9.17, 15) is 9.18 Å². The number of hydrogen-bond acceptors (Lipinski definition) is 2. The summed E-state index contributed by atoms with van der Waals surface area (Å²) in [5.74, 6) is -0.985. The van der Waals surface area contributed by atoms with E-state index in [2.05, 4.69) is 10.6 Å². The van der Waals surface area contributed by atoms with Gasteiger partial charge >= 0.3 is 0 Å². The molecule has 20 heavy (non-hydrogen) atoms. The molecule has 0 fully saturated rings. The predicted molar refractivity (Wildman–Crippen MR) is 80.0 cm³/mol. The van der Waals surface area contributed by atoms with E-state index in [0.29, 0.717) is 5.69 Å². The van der Waals surface area contributed by atoms with Crippen molar-refractivity contribution in [2.75, 3.05) is 17.2 Å². The van der Waals surface area contributed by atoms with E-state index < -0.39 is 5.82 Å². The fourth-order valence-corrected chi connectivity index (χ4v) is 2.06. The molecule has 2 aromatic rings. The fourth-order valence-electron chi connectivity index (χ4n) is 1.57. The van der Waals surface area contributed by atoms with Crippen molar-refractivity contribution in [1.29, 1.82) is 0 Å². The second-order valence-electron chi connectivity index (χ2n) is 4.02. The largest absolute Gasteiger partial charge is 0.376 e. The Balaban J connectivity index is 1.95. The number of carbonyl (C=O) groups is 1. The Kier molecular flexibility index (Phi) is 4.82. The van der Waals surface area contributed by atoms with Crippen molar-refractivity contribution in [2.24, 2.45) is 0 Å². The summed E-state index contributed by atoms with van der Waals surface area (Å²) in [6.07, 6.45) is 0. The van der Waals surface area contributed by atoms with Crippen LogP contribution in [0.3, 0.4) is 0 Å². The van der Waals surface area contributed by atoms with Gasteiger partial charge in [0.25, 0.3) is 0 Å². The normalized spacial score (nSPS) is 10.2. The van der Waals surface area contributed by atoms with Crippen molar-refractivity contribution < 1.29 is 9.18 Å². The molecule has 104 valence electrons. The molecule has 2 rings (SSSR count). The molecule has 0 aromatic heterocycles. The monoisotopic (exact) mass is 312 g/mol. The first-order valence-electron chi connectivity index (χ1n) is 5.79. The lowest BCUT2D eigenvalue weighted by molar-refractivity contribution is -0.114. The highest BCUT2D eigenvalue weighted by Gasteiger charge is 2.09. The minimum Gasteiger partial charge on any atom is -0.376 e. The molecule has 0 radical (unpaired) electrons. The van der Waals surface area contributed by atoms with Gasteiger partial charge in [0.1, 0.15) is 0 Å². The van der Waals surface area contributed by atoms with Crippen molar-refractivity contribution >= 4 is 40.5 Å². The number of amides is 1. The van der Waals surface area contributed by atoms with Crippen LogP contribution in [0.4, 0.5) is 15.8 Å². The number of benzene rings is 2. The van der Waals surface area contributed by atoms with Gasteiger partial charge in [-0.1, -0.05) is 41.4 Å². The number of rotatable bonds is 4. The van der Waals surface area contributed by atoms with Crippen LogP contribution in [0.2, 0.25) is 10.0 Å². The number of nitrogens with one attached hydrogen (secondary N) is 2. The molecule has 0 bridgehead atoms. The van der Waals surface area contributed by atoms with Crippen LogP contribution in [0.5, 0.6) is 0 Å². The zero-order chi connectivity index (χ0) is 14.5. The molecule has 0 heterocycles. The molecule has 0 saturated heterocycles. The highest BCUT2D eigenvalue weighted by Crippen LogP contribution is 2.27. The summed E-state index contributed by atoms with van der Waals surface area (Å²) in [5, 5.41) is 5.27. The summed E-state index contributed by atoms with van der Waals surface area (Å²) in [5.41, 5.74) is 1.18. The first-order chi connectivity index (χ1) is 9.56. The van der Waals surface area contributed by atoms with E-state index in [4.69, 9.17) is 23.2 Å². The van der Waals surface area contributed by atoms with Crippen LogP contribution in [-0.2, 0) is 4.79 Å². The molecular weight excluding hydrogens is 302 g/mol. The molecule has 1 amide bonds. The van der Waals surface area contributed by atoms with Crippen LogP contribution in [0, 0.1) is 5.82 Å². The Morgan fingerprint density at radius 1 is 1.05 bits per heavy atom. The SMILES string of the molecule is O=C(CNc1ccccc1)Nc1cc(Cl)c(F)c(Cl)c1. The van der Waals surface area contributed by atoms with Gasteiger partial charge in [0, 0.05) is 11.4 Å². The van der Waals surface area contributed by atoms with E-state index in [1.165, 1.54) is 12.1 Å². The molecule has 2 N–H and O–H groups in total. The molecule has 0 aliphatic rings. The average molecular weight is 313 g/mol. The van der Waals surface area contributed by atoms with Gasteiger partial charge in [0.15, 0.2) is 5.82 Å². The molecule has 2 aromatic carbocycles. The third-order valence-corrected chi connectivity index (χ3v) is 3.04. The second-order valence-corrected chi connectivity index (χ2v) is 4.84. The van der Waals surface area contributed by atoms with Crippen molar-refractivity contribution in [1.82, 2.24) is 0 Å². The van der Waals surface area contributed by atoms with Crippen molar-refractivity contribution in [3.05, 3.63) is 58.3 Å². The molecule has 0 spiro atoms. The third kappa shape index (κ3) is 3.85. The van der Waals surface area contributed by atoms with Gasteiger partial charge in [-0.05, 0) is 24.3 Å². The summed E-state index contributed by atoms with van der Waals surface area (Å²) in [4.78, 5) is 11.7. The van der Waals surface area contributed by atoms with E-state index in [-0.39, 0.29) is 22.5 Å². The van der Waals surface area contributed by atoms with Crippen LogP contribution in [-0.4, -0.2) is 12.5 Å². The summed E-state index contributed by atoms with van der Waals surface area (Å²) in [6, 6.07) is 11.9. The molecule has 6 heteroatoms. The number of hydrogen-bond donors (Lipinski definition) is 2. The Morgan fingerprint density at radius 3 is 2.25 bits per heavy atom. The Morgan fingerprint density at radius 2 is 1.65 bits per heavy atom. The molecule has 0 aliphatic heterocycles. The second kappa shape index (κ2) is 6.59. The van der Waals surface area contributed by atoms with E-state index in [0.717, 1.165) is 5.69 Å². The quantitative estimate of drug-likeness (QED) is 0.831. The van der Waals surface area contributed by atoms with Crippen molar-refractivity contribution in [3.8, 4) is 0 Å². The van der Waals surface area contributed by atoms with Gasteiger partial charge in [0.2, 0.25) is 5.91 Å². The maximum absolute atomic E-state index is 13.2. The molecular formula is C14H11Cl2FN2O. The Labute approximate surface area is 125 Å². The van der Waals surface area contributed by atoms with Gasteiger partial charge in [-0.2, -0.15) is 0 Å². The maximum atomic E-state index is 13.2. The number of halogens is 3. The molecule has 3 nitrogen and oxygen atoms in total. The van der Waals surface area contributed by atoms with Crippen molar-refractivity contribution in [3.63, 3.8) is 0 Å². The van der Waals surface area contributed by atoms with Gasteiger partial charge in [-0.15, -0.1) is 0 Å². The molecule has 0 aliphatic carbocycles. The van der Waals surface area contributed by atoms with Gasteiger partial charge in [-0.25, -0.2) is 4.39 Å². The summed E-state index contributed by atoms with van der Waals surface area (Å²) in [6.45, 7) is 0.0800. The maximum Gasteiger partial charge on any atom is 0.243 e. The topological polar surface area (TPSA) is 41.1 Å². The summed E-state index contributed by atoms with van der Waals surface area (Å²) in [7, 11) is 0. The highest BCUT2D eigenvalue weighted by molar-refractivity contribution is 6.35. The lowest BCUT2D eigenvalue weighted by Crippen LogP contribution is -2.21. The number of carbonyl (C=O) groups excluding carboxylic acids is 1. The van der Waals surface area contributed by atoms with E-state index in [1.54, 1.807) is 0 Å². The van der Waals surface area contributed by atoms with Crippen LogP contribution in [0.25, 0.3) is 0 Å². The van der Waals surface area contributed by atoms with E-state index in [1.807, 2.05) is 30.3 Å². The zero-order valence-corrected chi connectivity index (χ0v) is 11.8. The smallest absolute Gasteiger partial charge is 0.243 e. The minimum atomic E-state index is -0.700.